The highest BCUT2D eigenvalue weighted by atomic mass is 35.5. The van der Waals surface area contributed by atoms with Crippen LogP contribution < -0.4 is 4.90 Å². The van der Waals surface area contributed by atoms with Gasteiger partial charge in [-0.25, -0.2) is 9.97 Å². The van der Waals surface area contributed by atoms with Gasteiger partial charge >= 0.3 is 0 Å². The molecule has 8 heteroatoms. The molecule has 0 radical (unpaired) electrons. The van der Waals surface area contributed by atoms with Crippen LogP contribution in [0, 0.1) is 0 Å². The second-order valence-electron chi connectivity index (χ2n) is 4.03. The van der Waals surface area contributed by atoms with Gasteiger partial charge in [0.1, 0.15) is 16.9 Å². The van der Waals surface area contributed by atoms with Gasteiger partial charge in [-0.15, -0.1) is 25.0 Å². The quantitative estimate of drug-likeness (QED) is 0.521. The Morgan fingerprint density at radius 1 is 1.53 bits per heavy atom. The predicted molar refractivity (Wildman–Crippen MR) is 83.0 cm³/mol. The molecule has 3 heterocycles. The first kappa shape index (κ1) is 14.8. The molecule has 0 saturated carbocycles. The summed E-state index contributed by atoms with van der Waals surface area (Å²) in [7, 11) is 0. The first-order valence-corrected chi connectivity index (χ1v) is 7.45. The zero-order chi connectivity index (χ0) is 12.5. The zero-order valence-corrected chi connectivity index (χ0v) is 12.9. The van der Waals surface area contributed by atoms with Gasteiger partial charge in [0.2, 0.25) is 0 Å². The third kappa shape index (κ3) is 2.94. The molecule has 5 nitrogen and oxygen atoms in total. The van der Waals surface area contributed by atoms with Crippen LogP contribution in [0.1, 0.15) is 0 Å². The van der Waals surface area contributed by atoms with Crippen molar-refractivity contribution in [3.05, 3.63) is 18.5 Å². The van der Waals surface area contributed by atoms with Crippen LogP contribution in [0.4, 0.5) is 5.82 Å². The van der Waals surface area contributed by atoms with E-state index in [4.69, 9.17) is 4.74 Å². The van der Waals surface area contributed by atoms with Crippen molar-refractivity contribution in [1.82, 2.24) is 14.4 Å². The SMILES string of the molecule is CSc1nc(N2CCOC(S)C2)cc2nccn12.Cl. The smallest absolute Gasteiger partial charge is 0.175 e. The molecule has 19 heavy (non-hydrogen) atoms. The number of fused-ring (bicyclic) bond motifs is 1. The summed E-state index contributed by atoms with van der Waals surface area (Å²) in [4.78, 5) is 11.2. The Morgan fingerprint density at radius 2 is 2.37 bits per heavy atom. The summed E-state index contributed by atoms with van der Waals surface area (Å²) in [6.07, 6.45) is 5.74. The number of hydrogen-bond donors (Lipinski definition) is 1. The highest BCUT2D eigenvalue weighted by molar-refractivity contribution is 7.98. The minimum atomic E-state index is -0.0470. The molecule has 3 rings (SSSR count). The van der Waals surface area contributed by atoms with Gasteiger partial charge in [-0.2, -0.15) is 0 Å². The standard InChI is InChI=1S/C11H14N4OS2.ClH/c1-18-11-13-9(6-8-12-2-3-15(8)11)14-4-5-16-10(17)7-14;/h2-3,6,10,17H,4-5,7H2,1H3;1H. The first-order chi connectivity index (χ1) is 8.78. The highest BCUT2D eigenvalue weighted by Gasteiger charge is 2.20. The number of ether oxygens (including phenoxy) is 1. The van der Waals surface area contributed by atoms with Gasteiger partial charge in [0, 0.05) is 25.0 Å². The van der Waals surface area contributed by atoms with E-state index < -0.39 is 0 Å². The van der Waals surface area contributed by atoms with Gasteiger partial charge in [0.25, 0.3) is 0 Å². The number of aromatic nitrogens is 3. The monoisotopic (exact) mass is 318 g/mol. The summed E-state index contributed by atoms with van der Waals surface area (Å²) < 4.78 is 7.42. The summed E-state index contributed by atoms with van der Waals surface area (Å²) in [6, 6.07) is 2.01. The van der Waals surface area contributed by atoms with Crippen LogP contribution in [0.15, 0.2) is 23.6 Å². The van der Waals surface area contributed by atoms with Crippen LogP contribution in [0.2, 0.25) is 0 Å². The van der Waals surface area contributed by atoms with Crippen molar-refractivity contribution < 1.29 is 4.74 Å². The van der Waals surface area contributed by atoms with Crippen molar-refractivity contribution in [2.24, 2.45) is 0 Å². The minimum absolute atomic E-state index is 0. The fourth-order valence-electron chi connectivity index (χ4n) is 2.03. The van der Waals surface area contributed by atoms with Crippen molar-refractivity contribution in [1.29, 1.82) is 0 Å². The summed E-state index contributed by atoms with van der Waals surface area (Å²) in [6.45, 7) is 2.28. The molecule has 0 aliphatic carbocycles. The fourth-order valence-corrected chi connectivity index (χ4v) is 2.87. The Morgan fingerprint density at radius 3 is 3.11 bits per heavy atom. The van der Waals surface area contributed by atoms with E-state index in [0.29, 0.717) is 6.61 Å². The summed E-state index contributed by atoms with van der Waals surface area (Å²) in [5, 5.41) is 0.946. The molecule has 0 bridgehead atoms. The third-order valence-electron chi connectivity index (χ3n) is 2.90. The molecular weight excluding hydrogens is 304 g/mol. The van der Waals surface area contributed by atoms with E-state index in [1.54, 1.807) is 18.0 Å². The lowest BCUT2D eigenvalue weighted by Crippen LogP contribution is -2.40. The van der Waals surface area contributed by atoms with Crippen LogP contribution >= 0.6 is 36.8 Å². The number of anilines is 1. The molecule has 2 aromatic rings. The van der Waals surface area contributed by atoms with Gasteiger partial charge < -0.3 is 9.64 Å². The second-order valence-corrected chi connectivity index (χ2v) is 5.38. The molecule has 1 fully saturated rings. The maximum Gasteiger partial charge on any atom is 0.175 e. The molecule has 0 spiro atoms. The van der Waals surface area contributed by atoms with E-state index in [2.05, 4.69) is 27.5 Å². The van der Waals surface area contributed by atoms with Gasteiger partial charge in [-0.05, 0) is 6.26 Å². The van der Waals surface area contributed by atoms with E-state index in [1.807, 2.05) is 22.9 Å². The topological polar surface area (TPSA) is 42.7 Å². The van der Waals surface area contributed by atoms with Crippen LogP contribution in [0.3, 0.4) is 0 Å². The van der Waals surface area contributed by atoms with E-state index in [-0.39, 0.29) is 17.8 Å². The van der Waals surface area contributed by atoms with Crippen molar-refractivity contribution in [2.45, 2.75) is 10.6 Å². The first-order valence-electron chi connectivity index (χ1n) is 5.70. The minimum Gasteiger partial charge on any atom is -0.364 e. The lowest BCUT2D eigenvalue weighted by Gasteiger charge is -2.31. The maximum absolute atomic E-state index is 5.43. The van der Waals surface area contributed by atoms with Crippen LogP contribution in [0.25, 0.3) is 5.65 Å². The Hall–Kier alpha value is -0.630. The molecule has 1 atom stereocenters. The van der Waals surface area contributed by atoms with Crippen molar-refractivity contribution in [3.63, 3.8) is 0 Å². The molecular formula is C11H15ClN4OS2. The molecule has 1 aliphatic rings. The molecule has 1 unspecified atom stereocenters. The predicted octanol–water partition coefficient (Wildman–Crippen LogP) is 1.97. The Kier molecular flexibility index (Phi) is 4.83. The number of hydrogen-bond acceptors (Lipinski definition) is 6. The molecule has 1 aliphatic heterocycles. The average Bonchev–Trinajstić information content (AvgIpc) is 2.85. The zero-order valence-electron chi connectivity index (χ0n) is 10.4. The summed E-state index contributed by atoms with van der Waals surface area (Å²) in [5.41, 5.74) is 0.876. The Labute approximate surface area is 127 Å². The molecule has 2 aromatic heterocycles. The number of morpholine rings is 1. The van der Waals surface area contributed by atoms with Gasteiger partial charge in [0.15, 0.2) is 5.16 Å². The van der Waals surface area contributed by atoms with Gasteiger partial charge in [-0.3, -0.25) is 4.40 Å². The van der Waals surface area contributed by atoms with E-state index in [1.165, 1.54) is 0 Å². The molecule has 104 valence electrons. The second kappa shape index (κ2) is 6.21. The number of thioether (sulfide) groups is 1. The lowest BCUT2D eigenvalue weighted by molar-refractivity contribution is 0.0993. The lowest BCUT2D eigenvalue weighted by atomic mass is 10.4. The molecule has 0 N–H and O–H groups in total. The maximum atomic E-state index is 5.43. The number of thiol groups is 1. The van der Waals surface area contributed by atoms with Crippen LogP contribution in [-0.2, 0) is 4.74 Å². The van der Waals surface area contributed by atoms with Gasteiger partial charge in [-0.1, -0.05) is 11.8 Å². The highest BCUT2D eigenvalue weighted by Crippen LogP contribution is 2.22. The van der Waals surface area contributed by atoms with E-state index in [0.717, 1.165) is 29.7 Å². The van der Waals surface area contributed by atoms with E-state index in [9.17, 15) is 0 Å². The Bertz CT molecular complexity index is 565. The van der Waals surface area contributed by atoms with Gasteiger partial charge in [0.05, 0.1) is 13.2 Å². The number of imidazole rings is 1. The molecule has 1 saturated heterocycles. The van der Waals surface area contributed by atoms with Crippen molar-refractivity contribution in [3.8, 4) is 0 Å². The van der Waals surface area contributed by atoms with Crippen molar-refractivity contribution >= 4 is 48.3 Å². The third-order valence-corrected chi connectivity index (χ3v) is 3.86. The summed E-state index contributed by atoms with van der Waals surface area (Å²) in [5.74, 6) is 0.945. The number of halogens is 1. The summed E-state index contributed by atoms with van der Waals surface area (Å²) >= 11 is 5.98. The largest absolute Gasteiger partial charge is 0.364 e. The van der Waals surface area contributed by atoms with Crippen LogP contribution in [0.5, 0.6) is 0 Å². The molecule has 0 aromatic carbocycles. The van der Waals surface area contributed by atoms with Crippen LogP contribution in [-0.4, -0.2) is 45.8 Å². The van der Waals surface area contributed by atoms with Crippen molar-refractivity contribution in [2.75, 3.05) is 30.9 Å². The number of nitrogens with zero attached hydrogens (tertiary/aromatic N) is 4. The number of rotatable bonds is 2. The molecule has 0 amide bonds. The normalized spacial score (nSPS) is 19.5. The van der Waals surface area contributed by atoms with E-state index >= 15 is 0 Å². The Balaban J connectivity index is 0.00000133. The fraction of sp³-hybridized carbons (Fsp3) is 0.455. The average molecular weight is 319 g/mol.